The molecule has 1 atom stereocenters. The lowest BCUT2D eigenvalue weighted by molar-refractivity contribution is -0.488. The lowest BCUT2D eigenvalue weighted by Crippen LogP contribution is -2.61. The number of unbranched alkanes of at least 4 members (excludes halogenated alkanes) is 8. The SMILES string of the molecule is CCCOC(O)(OCC)C(CCCCCCCCCCCC(OCC)(OCC)OCC)(OCCC)OCCC. The summed E-state index contributed by atoms with van der Waals surface area (Å²) in [4.78, 5) is 0. The lowest BCUT2D eigenvalue weighted by atomic mass is 10.0. The molecule has 0 aromatic heterocycles. The van der Waals surface area contributed by atoms with E-state index in [1.807, 2.05) is 48.5 Å². The number of ether oxygens (including phenoxy) is 7. The van der Waals surface area contributed by atoms with Gasteiger partial charge in [0, 0.05) is 39.3 Å². The minimum atomic E-state index is -1.92. The van der Waals surface area contributed by atoms with E-state index in [-0.39, 0.29) is 0 Å². The first-order chi connectivity index (χ1) is 18.9. The Hall–Kier alpha value is -0.320. The maximum absolute atomic E-state index is 11.5. The topological polar surface area (TPSA) is 84.8 Å². The first-order valence-electron chi connectivity index (χ1n) is 16.1. The molecule has 0 radical (unpaired) electrons. The summed E-state index contributed by atoms with van der Waals surface area (Å²) in [5.74, 6) is -4.14. The summed E-state index contributed by atoms with van der Waals surface area (Å²) in [5.41, 5.74) is 0. The van der Waals surface area contributed by atoms with Crippen LogP contribution in [0.4, 0.5) is 0 Å². The van der Waals surface area contributed by atoms with Gasteiger partial charge < -0.3 is 38.3 Å². The molecule has 0 aliphatic heterocycles. The largest absolute Gasteiger partial charge is 0.343 e. The highest BCUT2D eigenvalue weighted by atomic mass is 16.9. The molecule has 0 rings (SSSR count). The molecule has 39 heavy (non-hydrogen) atoms. The van der Waals surface area contributed by atoms with E-state index in [4.69, 9.17) is 33.2 Å². The number of hydrogen-bond acceptors (Lipinski definition) is 8. The summed E-state index contributed by atoms with van der Waals surface area (Å²) < 4.78 is 41.5. The molecule has 0 fully saturated rings. The highest BCUT2D eigenvalue weighted by molar-refractivity contribution is 4.82. The van der Waals surface area contributed by atoms with Crippen LogP contribution in [0.5, 0.6) is 0 Å². The van der Waals surface area contributed by atoms with Gasteiger partial charge in [-0.25, -0.2) is 0 Å². The molecule has 0 aromatic rings. The Bertz CT molecular complexity index is 508. The Kier molecular flexibility index (Phi) is 24.1. The van der Waals surface area contributed by atoms with E-state index in [9.17, 15) is 5.11 Å². The van der Waals surface area contributed by atoms with E-state index in [1.165, 1.54) is 25.7 Å². The van der Waals surface area contributed by atoms with Gasteiger partial charge in [-0.05, 0) is 59.8 Å². The maximum Gasteiger partial charge on any atom is 0.338 e. The molecule has 8 heteroatoms. The molecule has 0 aliphatic carbocycles. The van der Waals surface area contributed by atoms with E-state index in [0.29, 0.717) is 52.7 Å². The van der Waals surface area contributed by atoms with Crippen molar-refractivity contribution in [1.82, 2.24) is 0 Å². The summed E-state index contributed by atoms with van der Waals surface area (Å²) in [7, 11) is 0. The predicted molar refractivity (Wildman–Crippen MR) is 156 cm³/mol. The van der Waals surface area contributed by atoms with Crippen molar-refractivity contribution < 1.29 is 38.3 Å². The van der Waals surface area contributed by atoms with Crippen LogP contribution >= 0.6 is 0 Å². The second-order valence-corrected chi connectivity index (χ2v) is 9.98. The Balaban J connectivity index is 4.62. The molecule has 236 valence electrons. The fourth-order valence-electron chi connectivity index (χ4n) is 4.70. The monoisotopic (exact) mass is 564 g/mol. The number of hydrogen-bond donors (Lipinski definition) is 1. The van der Waals surface area contributed by atoms with Crippen molar-refractivity contribution in [3.8, 4) is 0 Å². The number of aliphatic hydroxyl groups is 1. The standard InChI is InChI=1S/C31H64O8/c1-8-26-37-29(38-27-9-2,31(32,36-14-7)39-28-10-3)24-22-20-18-16-15-17-19-21-23-25-30(33-11-4,34-12-5)35-13-6/h32H,8-28H2,1-7H3. The smallest absolute Gasteiger partial charge is 0.338 e. The molecule has 0 aliphatic rings. The summed E-state index contributed by atoms with van der Waals surface area (Å²) in [6.07, 6.45) is 13.8. The van der Waals surface area contributed by atoms with Crippen molar-refractivity contribution in [2.75, 3.05) is 46.2 Å². The second kappa shape index (κ2) is 24.3. The van der Waals surface area contributed by atoms with E-state index >= 15 is 0 Å². The Morgan fingerprint density at radius 2 is 0.769 bits per heavy atom. The Morgan fingerprint density at radius 1 is 0.410 bits per heavy atom. The number of rotatable bonds is 30. The van der Waals surface area contributed by atoms with Gasteiger partial charge >= 0.3 is 5.97 Å². The third-order valence-electron chi connectivity index (χ3n) is 6.48. The molecule has 0 saturated carbocycles. The molecular formula is C31H64O8. The van der Waals surface area contributed by atoms with Crippen LogP contribution in [0.2, 0.25) is 0 Å². The predicted octanol–water partition coefficient (Wildman–Crippen LogP) is 7.70. The van der Waals surface area contributed by atoms with Crippen molar-refractivity contribution in [2.24, 2.45) is 0 Å². The van der Waals surface area contributed by atoms with Crippen molar-refractivity contribution in [3.05, 3.63) is 0 Å². The quantitative estimate of drug-likeness (QED) is 0.0702. The van der Waals surface area contributed by atoms with E-state index in [0.717, 1.165) is 57.8 Å². The minimum Gasteiger partial charge on any atom is -0.343 e. The van der Waals surface area contributed by atoms with Crippen LogP contribution in [0.25, 0.3) is 0 Å². The first-order valence-corrected chi connectivity index (χ1v) is 16.1. The zero-order valence-corrected chi connectivity index (χ0v) is 26.7. The molecule has 0 aromatic carbocycles. The van der Waals surface area contributed by atoms with Crippen molar-refractivity contribution in [1.29, 1.82) is 0 Å². The van der Waals surface area contributed by atoms with Gasteiger partial charge in [-0.1, -0.05) is 65.7 Å². The van der Waals surface area contributed by atoms with E-state index < -0.39 is 17.7 Å². The molecule has 0 amide bonds. The van der Waals surface area contributed by atoms with E-state index in [2.05, 4.69) is 0 Å². The molecular weight excluding hydrogens is 500 g/mol. The average Bonchev–Trinajstić information content (AvgIpc) is 2.92. The lowest BCUT2D eigenvalue weighted by Gasteiger charge is -2.44. The normalized spacial score (nSPS) is 14.2. The van der Waals surface area contributed by atoms with Gasteiger partial charge in [-0.2, -0.15) is 0 Å². The van der Waals surface area contributed by atoms with Crippen LogP contribution in [0.1, 0.15) is 138 Å². The fourth-order valence-corrected chi connectivity index (χ4v) is 4.70. The van der Waals surface area contributed by atoms with Crippen molar-refractivity contribution >= 4 is 0 Å². The van der Waals surface area contributed by atoms with Crippen LogP contribution in [-0.4, -0.2) is 69.1 Å². The van der Waals surface area contributed by atoms with Gasteiger partial charge in [0.1, 0.15) is 0 Å². The van der Waals surface area contributed by atoms with Gasteiger partial charge in [0.25, 0.3) is 11.8 Å². The van der Waals surface area contributed by atoms with Crippen LogP contribution in [-0.2, 0) is 33.2 Å². The van der Waals surface area contributed by atoms with Crippen LogP contribution < -0.4 is 0 Å². The van der Waals surface area contributed by atoms with E-state index in [1.54, 1.807) is 0 Å². The van der Waals surface area contributed by atoms with Gasteiger partial charge in [0.05, 0.1) is 19.8 Å². The summed E-state index contributed by atoms with van der Waals surface area (Å²) >= 11 is 0. The van der Waals surface area contributed by atoms with Crippen LogP contribution in [0.3, 0.4) is 0 Å². The minimum absolute atomic E-state index is 0.302. The van der Waals surface area contributed by atoms with Crippen LogP contribution in [0, 0.1) is 0 Å². The first kappa shape index (κ1) is 38.7. The summed E-state index contributed by atoms with van der Waals surface area (Å²) in [6.45, 7) is 17.2. The molecule has 1 N–H and O–H groups in total. The molecule has 0 bridgehead atoms. The van der Waals surface area contributed by atoms with Crippen LogP contribution in [0.15, 0.2) is 0 Å². The van der Waals surface area contributed by atoms with Crippen molar-refractivity contribution in [2.45, 2.75) is 156 Å². The molecule has 0 spiro atoms. The third-order valence-corrected chi connectivity index (χ3v) is 6.48. The summed E-state index contributed by atoms with van der Waals surface area (Å²) in [6, 6.07) is 0. The van der Waals surface area contributed by atoms with Crippen molar-refractivity contribution in [3.63, 3.8) is 0 Å². The fraction of sp³-hybridized carbons (Fsp3) is 1.00. The Morgan fingerprint density at radius 3 is 1.15 bits per heavy atom. The van der Waals surface area contributed by atoms with Gasteiger partial charge in [0.2, 0.25) is 0 Å². The average molecular weight is 565 g/mol. The molecule has 0 saturated heterocycles. The molecule has 0 heterocycles. The highest BCUT2D eigenvalue weighted by Gasteiger charge is 2.56. The maximum atomic E-state index is 11.5. The zero-order chi connectivity index (χ0) is 29.3. The molecule has 8 nitrogen and oxygen atoms in total. The third kappa shape index (κ3) is 15.5. The van der Waals surface area contributed by atoms with Gasteiger partial charge in [-0.3, -0.25) is 0 Å². The zero-order valence-electron chi connectivity index (χ0n) is 26.7. The second-order valence-electron chi connectivity index (χ2n) is 9.98. The van der Waals surface area contributed by atoms with Gasteiger partial charge in [0.15, 0.2) is 0 Å². The molecule has 1 unspecified atom stereocenters. The Labute approximate surface area is 240 Å². The van der Waals surface area contributed by atoms with Gasteiger partial charge in [-0.15, -0.1) is 0 Å². The summed E-state index contributed by atoms with van der Waals surface area (Å²) in [5, 5.41) is 11.5. The highest BCUT2D eigenvalue weighted by Crippen LogP contribution is 2.36.